The largest absolute Gasteiger partial charge is 0.383 e. The molecule has 0 unspecified atom stereocenters. The first kappa shape index (κ1) is 22.7. The Morgan fingerprint density at radius 3 is 2.58 bits per heavy atom. The highest BCUT2D eigenvalue weighted by atomic mass is 127. The van der Waals surface area contributed by atoms with E-state index in [2.05, 4.69) is 69.6 Å². The smallest absolute Gasteiger partial charge is 0.191 e. The SMILES string of the molecule is CCNC(=NCc1ccc(NCCOC)cc1)NCCc1cccs1.I. The van der Waals surface area contributed by atoms with Gasteiger partial charge in [0.1, 0.15) is 0 Å². The van der Waals surface area contributed by atoms with Crippen LogP contribution in [-0.4, -0.2) is 39.3 Å². The second-order valence-corrected chi connectivity index (χ2v) is 6.60. The lowest BCUT2D eigenvalue weighted by atomic mass is 10.2. The predicted molar refractivity (Wildman–Crippen MR) is 123 cm³/mol. The number of methoxy groups -OCH3 is 1. The van der Waals surface area contributed by atoms with Crippen LogP contribution in [0.3, 0.4) is 0 Å². The number of halogens is 1. The van der Waals surface area contributed by atoms with Gasteiger partial charge in [0.15, 0.2) is 5.96 Å². The van der Waals surface area contributed by atoms with Gasteiger partial charge in [0, 0.05) is 37.3 Å². The number of aliphatic imine (C=N–C) groups is 1. The van der Waals surface area contributed by atoms with Crippen LogP contribution in [0.15, 0.2) is 46.8 Å². The summed E-state index contributed by atoms with van der Waals surface area (Å²) >= 11 is 1.79. The topological polar surface area (TPSA) is 57.7 Å². The summed E-state index contributed by atoms with van der Waals surface area (Å²) in [6.45, 7) is 5.99. The fourth-order valence-electron chi connectivity index (χ4n) is 2.30. The zero-order valence-corrected chi connectivity index (χ0v) is 18.6. The average Bonchev–Trinajstić information content (AvgIpc) is 3.14. The first-order valence-electron chi connectivity index (χ1n) is 8.68. The number of hydrogen-bond acceptors (Lipinski definition) is 4. The maximum absolute atomic E-state index is 5.04. The molecule has 1 aromatic carbocycles. The van der Waals surface area contributed by atoms with E-state index in [0.717, 1.165) is 37.7 Å². The number of nitrogens with zero attached hydrogens (tertiary/aromatic N) is 1. The highest BCUT2D eigenvalue weighted by Gasteiger charge is 1.99. The Balaban J connectivity index is 0.00000338. The molecule has 144 valence electrons. The number of benzene rings is 1. The molecule has 7 heteroatoms. The molecule has 0 spiro atoms. The van der Waals surface area contributed by atoms with Crippen molar-refractivity contribution in [2.75, 3.05) is 38.7 Å². The minimum Gasteiger partial charge on any atom is -0.383 e. The molecule has 26 heavy (non-hydrogen) atoms. The molecular weight excluding hydrogens is 459 g/mol. The first-order chi connectivity index (χ1) is 12.3. The minimum atomic E-state index is 0. The second-order valence-electron chi connectivity index (χ2n) is 5.57. The van der Waals surface area contributed by atoms with E-state index in [4.69, 9.17) is 4.74 Å². The van der Waals surface area contributed by atoms with E-state index < -0.39 is 0 Å². The molecule has 3 N–H and O–H groups in total. The van der Waals surface area contributed by atoms with Crippen molar-refractivity contribution in [1.82, 2.24) is 10.6 Å². The van der Waals surface area contributed by atoms with Crippen LogP contribution in [0.25, 0.3) is 0 Å². The summed E-state index contributed by atoms with van der Waals surface area (Å²) in [7, 11) is 1.71. The molecule has 0 aliphatic carbocycles. The minimum absolute atomic E-state index is 0. The number of guanidine groups is 1. The highest BCUT2D eigenvalue weighted by Crippen LogP contribution is 2.10. The van der Waals surface area contributed by atoms with Gasteiger partial charge in [0.2, 0.25) is 0 Å². The van der Waals surface area contributed by atoms with Crippen LogP contribution >= 0.6 is 35.3 Å². The third kappa shape index (κ3) is 8.86. The molecule has 0 aliphatic rings. The lowest BCUT2D eigenvalue weighted by Gasteiger charge is -2.11. The molecule has 2 aromatic rings. The Morgan fingerprint density at radius 2 is 1.92 bits per heavy atom. The molecule has 0 aliphatic heterocycles. The van der Waals surface area contributed by atoms with Gasteiger partial charge in [-0.25, -0.2) is 4.99 Å². The predicted octanol–water partition coefficient (Wildman–Crippen LogP) is 3.72. The van der Waals surface area contributed by atoms with E-state index in [1.165, 1.54) is 10.4 Å². The molecule has 2 rings (SSSR count). The first-order valence-corrected chi connectivity index (χ1v) is 9.56. The highest BCUT2D eigenvalue weighted by molar-refractivity contribution is 14.0. The van der Waals surface area contributed by atoms with Crippen molar-refractivity contribution in [2.45, 2.75) is 19.9 Å². The number of anilines is 1. The van der Waals surface area contributed by atoms with E-state index in [-0.39, 0.29) is 24.0 Å². The van der Waals surface area contributed by atoms with Crippen molar-refractivity contribution in [3.05, 3.63) is 52.2 Å². The van der Waals surface area contributed by atoms with Gasteiger partial charge in [-0.15, -0.1) is 35.3 Å². The molecule has 0 saturated heterocycles. The van der Waals surface area contributed by atoms with Crippen LogP contribution in [0.1, 0.15) is 17.4 Å². The summed E-state index contributed by atoms with van der Waals surface area (Å²) in [5.41, 5.74) is 2.29. The zero-order valence-electron chi connectivity index (χ0n) is 15.5. The number of nitrogens with one attached hydrogen (secondary N) is 3. The standard InChI is InChI=1S/C19H28N4OS.HI/c1-3-20-19(22-11-10-18-5-4-14-25-18)23-15-16-6-8-17(9-7-16)21-12-13-24-2;/h4-9,14,21H,3,10-13,15H2,1-2H3,(H2,20,22,23);1H. The van der Waals surface area contributed by atoms with Gasteiger partial charge in [-0.2, -0.15) is 0 Å². The molecule has 0 saturated carbocycles. The number of hydrogen-bond donors (Lipinski definition) is 3. The number of thiophene rings is 1. The number of ether oxygens (including phenoxy) is 1. The van der Waals surface area contributed by atoms with Crippen LogP contribution in [0, 0.1) is 0 Å². The van der Waals surface area contributed by atoms with Gasteiger partial charge < -0.3 is 20.7 Å². The summed E-state index contributed by atoms with van der Waals surface area (Å²) in [4.78, 5) is 6.05. The Kier molecular flexibility index (Phi) is 12.1. The monoisotopic (exact) mass is 488 g/mol. The van der Waals surface area contributed by atoms with Crippen molar-refractivity contribution >= 4 is 47.0 Å². The summed E-state index contributed by atoms with van der Waals surface area (Å²) < 4.78 is 5.04. The molecule has 0 bridgehead atoms. The quantitative estimate of drug-likeness (QED) is 0.207. The molecule has 5 nitrogen and oxygen atoms in total. The Morgan fingerprint density at radius 1 is 1.12 bits per heavy atom. The lowest BCUT2D eigenvalue weighted by Crippen LogP contribution is -2.38. The average molecular weight is 488 g/mol. The van der Waals surface area contributed by atoms with E-state index in [1.807, 2.05) is 0 Å². The molecule has 0 amide bonds. The Hall–Kier alpha value is -1.32. The lowest BCUT2D eigenvalue weighted by molar-refractivity contribution is 0.211. The van der Waals surface area contributed by atoms with Crippen molar-refractivity contribution in [3.8, 4) is 0 Å². The van der Waals surface area contributed by atoms with Crippen LogP contribution in [0.5, 0.6) is 0 Å². The van der Waals surface area contributed by atoms with E-state index in [1.54, 1.807) is 18.4 Å². The van der Waals surface area contributed by atoms with Gasteiger partial charge >= 0.3 is 0 Å². The summed E-state index contributed by atoms with van der Waals surface area (Å²) in [5.74, 6) is 0.862. The fourth-order valence-corrected chi connectivity index (χ4v) is 3.01. The van der Waals surface area contributed by atoms with Crippen molar-refractivity contribution in [1.29, 1.82) is 0 Å². The zero-order chi connectivity index (χ0) is 17.7. The van der Waals surface area contributed by atoms with Crippen molar-refractivity contribution in [3.63, 3.8) is 0 Å². The van der Waals surface area contributed by atoms with E-state index in [9.17, 15) is 0 Å². The molecule has 1 aromatic heterocycles. The maximum Gasteiger partial charge on any atom is 0.191 e. The van der Waals surface area contributed by atoms with Crippen LogP contribution in [0.2, 0.25) is 0 Å². The van der Waals surface area contributed by atoms with E-state index in [0.29, 0.717) is 13.2 Å². The Bertz CT molecular complexity index is 617. The van der Waals surface area contributed by atoms with E-state index >= 15 is 0 Å². The van der Waals surface area contributed by atoms with Crippen molar-refractivity contribution in [2.24, 2.45) is 4.99 Å². The third-order valence-corrected chi connectivity index (χ3v) is 4.53. The summed E-state index contributed by atoms with van der Waals surface area (Å²) in [5, 5.41) is 12.1. The normalized spacial score (nSPS) is 10.9. The van der Waals surface area contributed by atoms with Gasteiger partial charge in [0.25, 0.3) is 0 Å². The maximum atomic E-state index is 5.04. The van der Waals surface area contributed by atoms with Gasteiger partial charge in [-0.3, -0.25) is 0 Å². The fraction of sp³-hybridized carbons (Fsp3) is 0.421. The Labute approximate surface area is 177 Å². The summed E-state index contributed by atoms with van der Waals surface area (Å²) in [6.07, 6.45) is 1.02. The van der Waals surface area contributed by atoms with Gasteiger partial charge in [-0.1, -0.05) is 18.2 Å². The van der Waals surface area contributed by atoms with Gasteiger partial charge in [-0.05, 0) is 42.5 Å². The van der Waals surface area contributed by atoms with Crippen LogP contribution in [-0.2, 0) is 17.7 Å². The second kappa shape index (κ2) is 13.8. The molecule has 0 fully saturated rings. The third-order valence-electron chi connectivity index (χ3n) is 3.60. The summed E-state index contributed by atoms with van der Waals surface area (Å²) in [6, 6.07) is 12.6. The molecule has 0 atom stereocenters. The van der Waals surface area contributed by atoms with Crippen LogP contribution in [0.4, 0.5) is 5.69 Å². The molecule has 1 heterocycles. The number of rotatable bonds is 10. The molecular formula is C19H29IN4OS. The van der Waals surface area contributed by atoms with Crippen LogP contribution < -0.4 is 16.0 Å². The molecule has 0 radical (unpaired) electrons. The van der Waals surface area contributed by atoms with Gasteiger partial charge in [0.05, 0.1) is 13.2 Å². The van der Waals surface area contributed by atoms with Crippen molar-refractivity contribution < 1.29 is 4.74 Å².